The van der Waals surface area contributed by atoms with Crippen LogP contribution in [-0.2, 0) is 0 Å². The summed E-state index contributed by atoms with van der Waals surface area (Å²) in [5, 5.41) is 10.0. The molecule has 0 atom stereocenters. The molecule has 3 heteroatoms. The maximum absolute atomic E-state index is 9.66. The van der Waals surface area contributed by atoms with Crippen molar-refractivity contribution in [2.75, 3.05) is 0 Å². The Balaban J connectivity index is 2.46. The Morgan fingerprint density at radius 2 is 1.83 bits per heavy atom. The van der Waals surface area contributed by atoms with Gasteiger partial charge in [0, 0.05) is 5.56 Å². The molecular weight excluding hydrogens is 248 g/mol. The van der Waals surface area contributed by atoms with E-state index in [2.05, 4.69) is 0 Å². The summed E-state index contributed by atoms with van der Waals surface area (Å²) in [4.78, 5) is 0. The quantitative estimate of drug-likeness (QED) is 0.882. The topological polar surface area (TPSA) is 29.5 Å². The molecule has 0 aromatic heterocycles. The average Bonchev–Trinajstić information content (AvgIpc) is 2.33. The monoisotopic (exact) mass is 262 g/mol. The van der Waals surface area contributed by atoms with Crippen LogP contribution in [0.5, 0.6) is 11.5 Å². The molecule has 0 fully saturated rings. The molecule has 0 aliphatic rings. The molecule has 0 unspecified atom stereocenters. The molecule has 0 saturated heterocycles. The Morgan fingerprint density at radius 3 is 2.50 bits per heavy atom. The smallest absolute Gasteiger partial charge is 0.134 e. The van der Waals surface area contributed by atoms with Crippen molar-refractivity contribution in [1.82, 2.24) is 0 Å². The van der Waals surface area contributed by atoms with E-state index >= 15 is 0 Å². The van der Waals surface area contributed by atoms with E-state index in [1.807, 2.05) is 44.2 Å². The molecule has 0 saturated carbocycles. The molecule has 18 heavy (non-hydrogen) atoms. The van der Waals surface area contributed by atoms with Gasteiger partial charge >= 0.3 is 0 Å². The lowest BCUT2D eigenvalue weighted by Gasteiger charge is -2.14. The van der Waals surface area contributed by atoms with Gasteiger partial charge in [0.15, 0.2) is 0 Å². The molecule has 2 rings (SSSR count). The Kier molecular flexibility index (Phi) is 3.78. The van der Waals surface area contributed by atoms with E-state index in [0.717, 1.165) is 16.9 Å². The molecule has 0 amide bonds. The standard InChI is InChI=1S/C15H15ClO2/c1-10(2)18-15-6-4-3-5-12(15)11-7-8-13(16)14(17)9-11/h3-10,17H,1-2H3. The molecule has 0 heterocycles. The predicted octanol–water partition coefficient (Wildman–Crippen LogP) is 4.50. The summed E-state index contributed by atoms with van der Waals surface area (Å²) in [6, 6.07) is 12.9. The number of phenols is 1. The van der Waals surface area contributed by atoms with Crippen molar-refractivity contribution in [2.24, 2.45) is 0 Å². The number of hydrogen-bond donors (Lipinski definition) is 1. The van der Waals surface area contributed by atoms with Gasteiger partial charge in [-0.05, 0) is 37.6 Å². The number of aromatic hydroxyl groups is 1. The molecule has 0 aliphatic heterocycles. The maximum atomic E-state index is 9.66. The molecular formula is C15H15ClO2. The number of benzene rings is 2. The molecule has 2 aromatic carbocycles. The van der Waals surface area contributed by atoms with Crippen LogP contribution in [0.2, 0.25) is 5.02 Å². The summed E-state index contributed by atoms with van der Waals surface area (Å²) in [5.41, 5.74) is 1.83. The summed E-state index contributed by atoms with van der Waals surface area (Å²) in [6.07, 6.45) is 0.104. The molecule has 0 spiro atoms. The number of halogens is 1. The Hall–Kier alpha value is -1.67. The number of para-hydroxylation sites is 1. The van der Waals surface area contributed by atoms with Gasteiger partial charge < -0.3 is 9.84 Å². The highest BCUT2D eigenvalue weighted by Crippen LogP contribution is 2.34. The molecule has 94 valence electrons. The lowest BCUT2D eigenvalue weighted by atomic mass is 10.0. The third kappa shape index (κ3) is 2.77. The van der Waals surface area contributed by atoms with E-state index in [9.17, 15) is 5.11 Å². The van der Waals surface area contributed by atoms with E-state index in [-0.39, 0.29) is 11.9 Å². The third-order valence-electron chi connectivity index (χ3n) is 2.51. The van der Waals surface area contributed by atoms with Crippen LogP contribution >= 0.6 is 11.6 Å². The third-order valence-corrected chi connectivity index (χ3v) is 2.83. The van der Waals surface area contributed by atoms with Gasteiger partial charge in [0.25, 0.3) is 0 Å². The van der Waals surface area contributed by atoms with E-state index in [0.29, 0.717) is 5.02 Å². The zero-order valence-electron chi connectivity index (χ0n) is 10.4. The average molecular weight is 263 g/mol. The van der Waals surface area contributed by atoms with Crippen LogP contribution < -0.4 is 4.74 Å². The highest BCUT2D eigenvalue weighted by Gasteiger charge is 2.09. The minimum absolute atomic E-state index is 0.0773. The lowest BCUT2D eigenvalue weighted by molar-refractivity contribution is 0.243. The zero-order chi connectivity index (χ0) is 13.1. The minimum Gasteiger partial charge on any atom is -0.506 e. The number of hydrogen-bond acceptors (Lipinski definition) is 2. The predicted molar refractivity (Wildman–Crippen MR) is 74.3 cm³/mol. The fourth-order valence-electron chi connectivity index (χ4n) is 1.74. The van der Waals surface area contributed by atoms with Crippen molar-refractivity contribution in [2.45, 2.75) is 20.0 Å². The van der Waals surface area contributed by atoms with Crippen molar-refractivity contribution in [3.05, 3.63) is 47.5 Å². The summed E-state index contributed by atoms with van der Waals surface area (Å²) in [6.45, 7) is 3.96. The van der Waals surface area contributed by atoms with Gasteiger partial charge in [-0.1, -0.05) is 35.9 Å². The lowest BCUT2D eigenvalue weighted by Crippen LogP contribution is -2.06. The second kappa shape index (κ2) is 5.32. The summed E-state index contributed by atoms with van der Waals surface area (Å²) < 4.78 is 5.76. The molecule has 2 nitrogen and oxygen atoms in total. The fourth-order valence-corrected chi connectivity index (χ4v) is 1.86. The number of phenolic OH excluding ortho intramolecular Hbond substituents is 1. The van der Waals surface area contributed by atoms with Crippen LogP contribution in [-0.4, -0.2) is 11.2 Å². The molecule has 2 aromatic rings. The van der Waals surface area contributed by atoms with Crippen LogP contribution in [0, 0.1) is 0 Å². The first kappa shape index (κ1) is 12.8. The van der Waals surface area contributed by atoms with E-state index in [1.54, 1.807) is 12.1 Å². The van der Waals surface area contributed by atoms with E-state index < -0.39 is 0 Å². The largest absolute Gasteiger partial charge is 0.506 e. The Morgan fingerprint density at radius 1 is 1.11 bits per heavy atom. The number of ether oxygens (including phenoxy) is 1. The summed E-state index contributed by atoms with van der Waals surface area (Å²) >= 11 is 5.81. The minimum atomic E-state index is 0.0773. The van der Waals surface area contributed by atoms with Crippen molar-refractivity contribution >= 4 is 11.6 Å². The van der Waals surface area contributed by atoms with Gasteiger partial charge in [0.1, 0.15) is 11.5 Å². The van der Waals surface area contributed by atoms with Crippen LogP contribution in [0.15, 0.2) is 42.5 Å². The van der Waals surface area contributed by atoms with Gasteiger partial charge in [0.05, 0.1) is 11.1 Å². The van der Waals surface area contributed by atoms with Crippen molar-refractivity contribution in [3.8, 4) is 22.6 Å². The molecule has 0 aliphatic carbocycles. The van der Waals surface area contributed by atoms with Crippen LogP contribution in [0.25, 0.3) is 11.1 Å². The van der Waals surface area contributed by atoms with Crippen LogP contribution in [0.4, 0.5) is 0 Å². The second-order valence-electron chi connectivity index (χ2n) is 4.33. The van der Waals surface area contributed by atoms with Gasteiger partial charge in [-0.3, -0.25) is 0 Å². The Bertz CT molecular complexity index is 550. The molecule has 0 bridgehead atoms. The summed E-state index contributed by atoms with van der Waals surface area (Å²) in [7, 11) is 0. The van der Waals surface area contributed by atoms with Gasteiger partial charge in [-0.25, -0.2) is 0 Å². The molecule has 1 N–H and O–H groups in total. The highest BCUT2D eigenvalue weighted by atomic mass is 35.5. The SMILES string of the molecule is CC(C)Oc1ccccc1-c1ccc(Cl)c(O)c1. The van der Waals surface area contributed by atoms with Crippen molar-refractivity contribution in [3.63, 3.8) is 0 Å². The first-order valence-electron chi connectivity index (χ1n) is 5.82. The first-order valence-corrected chi connectivity index (χ1v) is 6.20. The van der Waals surface area contributed by atoms with E-state index in [1.165, 1.54) is 0 Å². The van der Waals surface area contributed by atoms with Crippen LogP contribution in [0.3, 0.4) is 0 Å². The van der Waals surface area contributed by atoms with Gasteiger partial charge in [0.2, 0.25) is 0 Å². The zero-order valence-corrected chi connectivity index (χ0v) is 11.1. The summed E-state index contributed by atoms with van der Waals surface area (Å²) in [5.74, 6) is 0.878. The van der Waals surface area contributed by atoms with Crippen molar-refractivity contribution in [1.29, 1.82) is 0 Å². The van der Waals surface area contributed by atoms with E-state index in [4.69, 9.17) is 16.3 Å². The number of rotatable bonds is 3. The van der Waals surface area contributed by atoms with Crippen LogP contribution in [0.1, 0.15) is 13.8 Å². The normalized spacial score (nSPS) is 10.7. The maximum Gasteiger partial charge on any atom is 0.134 e. The first-order chi connectivity index (χ1) is 8.58. The van der Waals surface area contributed by atoms with Gasteiger partial charge in [-0.15, -0.1) is 0 Å². The Labute approximate surface area is 112 Å². The fraction of sp³-hybridized carbons (Fsp3) is 0.200. The second-order valence-corrected chi connectivity index (χ2v) is 4.74. The molecule has 0 radical (unpaired) electrons. The van der Waals surface area contributed by atoms with Gasteiger partial charge in [-0.2, -0.15) is 0 Å². The highest BCUT2D eigenvalue weighted by molar-refractivity contribution is 6.32. The van der Waals surface area contributed by atoms with Crippen molar-refractivity contribution < 1.29 is 9.84 Å².